The number of carbonyl (C=O) groups excluding carboxylic acids is 3. The Morgan fingerprint density at radius 1 is 0.844 bits per heavy atom. The molecule has 32 heavy (non-hydrogen) atoms. The number of hydrogen-bond donors (Lipinski definition) is 4. The van der Waals surface area contributed by atoms with Crippen LogP contribution in [-0.2, 0) is 4.79 Å². The average Bonchev–Trinajstić information content (AvgIpc) is 2.81. The second-order valence-electron chi connectivity index (χ2n) is 7.86. The predicted octanol–water partition coefficient (Wildman–Crippen LogP) is 4.49. The SMILES string of the molecule is CCCCNC(=O)C1CCN(C(=O)Nc2ccc(NC(=O)Nc3ccccc3)cc2)CC1. The Balaban J connectivity index is 1.42. The van der Waals surface area contributed by atoms with E-state index in [-0.39, 0.29) is 23.9 Å². The van der Waals surface area contributed by atoms with E-state index in [9.17, 15) is 14.4 Å². The highest BCUT2D eigenvalue weighted by atomic mass is 16.2. The minimum atomic E-state index is -0.338. The van der Waals surface area contributed by atoms with Crippen molar-refractivity contribution in [3.8, 4) is 0 Å². The topological polar surface area (TPSA) is 103 Å². The monoisotopic (exact) mass is 437 g/mol. The van der Waals surface area contributed by atoms with Gasteiger partial charge in [0.25, 0.3) is 0 Å². The first kappa shape index (κ1) is 23.1. The second-order valence-corrected chi connectivity index (χ2v) is 7.86. The Morgan fingerprint density at radius 3 is 2.00 bits per heavy atom. The van der Waals surface area contributed by atoms with Crippen LogP contribution in [0.3, 0.4) is 0 Å². The number of urea groups is 2. The van der Waals surface area contributed by atoms with E-state index in [2.05, 4.69) is 28.2 Å². The highest BCUT2D eigenvalue weighted by Crippen LogP contribution is 2.19. The van der Waals surface area contributed by atoms with Gasteiger partial charge in [0.2, 0.25) is 5.91 Å². The number of unbranched alkanes of at least 4 members (excludes halogenated alkanes) is 1. The number of likely N-dealkylation sites (tertiary alicyclic amines) is 1. The van der Waals surface area contributed by atoms with Crippen LogP contribution < -0.4 is 21.3 Å². The smallest absolute Gasteiger partial charge is 0.323 e. The molecule has 1 saturated heterocycles. The summed E-state index contributed by atoms with van der Waals surface area (Å²) in [4.78, 5) is 38.5. The Bertz CT molecular complexity index is 894. The highest BCUT2D eigenvalue weighted by molar-refractivity contribution is 6.00. The van der Waals surface area contributed by atoms with E-state index in [4.69, 9.17) is 0 Å². The molecule has 8 nitrogen and oxygen atoms in total. The van der Waals surface area contributed by atoms with Crippen LogP contribution in [0.15, 0.2) is 54.6 Å². The number of amides is 5. The number of nitrogens with zero attached hydrogens (tertiary/aromatic N) is 1. The van der Waals surface area contributed by atoms with Crippen LogP contribution in [0.4, 0.5) is 26.7 Å². The quantitative estimate of drug-likeness (QED) is 0.480. The molecule has 0 aromatic heterocycles. The second kappa shape index (κ2) is 11.7. The van der Waals surface area contributed by atoms with Gasteiger partial charge in [-0.2, -0.15) is 0 Å². The van der Waals surface area contributed by atoms with Crippen molar-refractivity contribution in [1.82, 2.24) is 10.2 Å². The molecule has 0 aliphatic carbocycles. The molecule has 0 atom stereocenters. The summed E-state index contributed by atoms with van der Waals surface area (Å²) in [7, 11) is 0. The van der Waals surface area contributed by atoms with Crippen LogP contribution in [0, 0.1) is 5.92 Å². The fourth-order valence-electron chi connectivity index (χ4n) is 3.53. The van der Waals surface area contributed by atoms with E-state index in [0.29, 0.717) is 43.0 Å². The summed E-state index contributed by atoms with van der Waals surface area (Å²) in [6.07, 6.45) is 3.38. The van der Waals surface area contributed by atoms with Gasteiger partial charge in [-0.25, -0.2) is 9.59 Å². The molecule has 1 aliphatic rings. The number of hydrogen-bond acceptors (Lipinski definition) is 3. The predicted molar refractivity (Wildman–Crippen MR) is 127 cm³/mol. The van der Waals surface area contributed by atoms with E-state index in [1.165, 1.54) is 0 Å². The molecular formula is C24H31N5O3. The molecule has 8 heteroatoms. The lowest BCUT2D eigenvalue weighted by Gasteiger charge is -2.31. The number of benzene rings is 2. The summed E-state index contributed by atoms with van der Waals surface area (Å²) in [5.41, 5.74) is 1.96. The molecule has 0 saturated carbocycles. The lowest BCUT2D eigenvalue weighted by Crippen LogP contribution is -2.44. The molecule has 1 heterocycles. The first-order valence-corrected chi connectivity index (χ1v) is 11.1. The van der Waals surface area contributed by atoms with Crippen LogP contribution in [0.1, 0.15) is 32.6 Å². The van der Waals surface area contributed by atoms with Gasteiger partial charge >= 0.3 is 12.1 Å². The van der Waals surface area contributed by atoms with Crippen LogP contribution in [0.5, 0.6) is 0 Å². The molecule has 1 fully saturated rings. The van der Waals surface area contributed by atoms with Gasteiger partial charge < -0.3 is 26.2 Å². The number of piperidine rings is 1. The van der Waals surface area contributed by atoms with Crippen molar-refractivity contribution in [3.05, 3.63) is 54.6 Å². The Morgan fingerprint density at radius 2 is 1.41 bits per heavy atom. The third kappa shape index (κ3) is 7.01. The molecule has 2 aromatic rings. The van der Waals surface area contributed by atoms with Crippen LogP contribution in [0.25, 0.3) is 0 Å². The summed E-state index contributed by atoms with van der Waals surface area (Å²) in [5.74, 6) is 0.0706. The fraction of sp³-hybridized carbons (Fsp3) is 0.375. The lowest BCUT2D eigenvalue weighted by atomic mass is 9.96. The molecule has 0 unspecified atom stereocenters. The Kier molecular flexibility index (Phi) is 8.48. The highest BCUT2D eigenvalue weighted by Gasteiger charge is 2.27. The molecule has 0 bridgehead atoms. The maximum atomic E-state index is 12.6. The molecule has 4 N–H and O–H groups in total. The summed E-state index contributed by atoms with van der Waals surface area (Å²) >= 11 is 0. The van der Waals surface area contributed by atoms with Crippen molar-refractivity contribution in [2.24, 2.45) is 5.92 Å². The van der Waals surface area contributed by atoms with E-state index in [0.717, 1.165) is 19.4 Å². The van der Waals surface area contributed by atoms with Crippen molar-refractivity contribution in [2.75, 3.05) is 35.6 Å². The molecule has 0 spiro atoms. The van der Waals surface area contributed by atoms with Crippen molar-refractivity contribution in [1.29, 1.82) is 0 Å². The third-order valence-corrected chi connectivity index (χ3v) is 5.41. The fourth-order valence-corrected chi connectivity index (χ4v) is 3.53. The summed E-state index contributed by atoms with van der Waals surface area (Å²) in [6, 6.07) is 15.6. The summed E-state index contributed by atoms with van der Waals surface area (Å²) in [6.45, 7) is 3.92. The zero-order valence-corrected chi connectivity index (χ0v) is 18.4. The summed E-state index contributed by atoms with van der Waals surface area (Å²) < 4.78 is 0. The zero-order valence-electron chi connectivity index (χ0n) is 18.4. The van der Waals surface area contributed by atoms with E-state index < -0.39 is 0 Å². The van der Waals surface area contributed by atoms with Crippen LogP contribution in [0.2, 0.25) is 0 Å². The Labute approximate surface area is 188 Å². The van der Waals surface area contributed by atoms with Gasteiger partial charge in [0.05, 0.1) is 0 Å². The minimum Gasteiger partial charge on any atom is -0.356 e. The standard InChI is InChI=1S/C24H31N5O3/c1-2-3-15-25-22(30)18-13-16-29(17-14-18)24(32)28-21-11-9-20(10-12-21)27-23(31)26-19-7-5-4-6-8-19/h4-12,18H,2-3,13-17H2,1H3,(H,25,30)(H,28,32)(H2,26,27,31). The lowest BCUT2D eigenvalue weighted by molar-refractivity contribution is -0.126. The van der Waals surface area contributed by atoms with E-state index in [1.807, 2.05) is 18.2 Å². The van der Waals surface area contributed by atoms with Crippen LogP contribution in [-0.4, -0.2) is 42.5 Å². The van der Waals surface area contributed by atoms with Crippen molar-refractivity contribution in [2.45, 2.75) is 32.6 Å². The van der Waals surface area contributed by atoms with Gasteiger partial charge in [-0.05, 0) is 55.7 Å². The van der Waals surface area contributed by atoms with Gasteiger partial charge in [-0.3, -0.25) is 4.79 Å². The van der Waals surface area contributed by atoms with Gasteiger partial charge in [0.15, 0.2) is 0 Å². The average molecular weight is 438 g/mol. The van der Waals surface area contributed by atoms with Gasteiger partial charge in [0, 0.05) is 42.6 Å². The number of nitrogens with one attached hydrogen (secondary N) is 4. The number of rotatable bonds is 7. The molecule has 3 rings (SSSR count). The molecule has 5 amide bonds. The van der Waals surface area contributed by atoms with Gasteiger partial charge in [0.1, 0.15) is 0 Å². The van der Waals surface area contributed by atoms with Gasteiger partial charge in [-0.1, -0.05) is 31.5 Å². The largest absolute Gasteiger partial charge is 0.356 e. The van der Waals surface area contributed by atoms with E-state index in [1.54, 1.807) is 41.3 Å². The number of carbonyl (C=O) groups is 3. The summed E-state index contributed by atoms with van der Waals surface area (Å²) in [5, 5.41) is 11.4. The third-order valence-electron chi connectivity index (χ3n) is 5.41. The molecular weight excluding hydrogens is 406 g/mol. The van der Waals surface area contributed by atoms with E-state index >= 15 is 0 Å². The Hall–Kier alpha value is -3.55. The first-order valence-electron chi connectivity index (χ1n) is 11.1. The molecule has 170 valence electrons. The van der Waals surface area contributed by atoms with Crippen molar-refractivity contribution < 1.29 is 14.4 Å². The number of para-hydroxylation sites is 1. The maximum Gasteiger partial charge on any atom is 0.323 e. The normalized spacial score (nSPS) is 13.8. The molecule has 0 radical (unpaired) electrons. The van der Waals surface area contributed by atoms with Crippen LogP contribution >= 0.6 is 0 Å². The molecule has 1 aliphatic heterocycles. The molecule has 2 aromatic carbocycles. The van der Waals surface area contributed by atoms with Crippen molar-refractivity contribution >= 4 is 35.0 Å². The zero-order chi connectivity index (χ0) is 22.8. The first-order chi connectivity index (χ1) is 15.5. The maximum absolute atomic E-state index is 12.6. The minimum absolute atomic E-state index is 0.0247. The number of anilines is 3. The van der Waals surface area contributed by atoms with Crippen molar-refractivity contribution in [3.63, 3.8) is 0 Å². The van der Waals surface area contributed by atoms with Gasteiger partial charge in [-0.15, -0.1) is 0 Å².